The van der Waals surface area contributed by atoms with E-state index >= 15 is 0 Å². The minimum Gasteiger partial charge on any atom is -0.324 e. The van der Waals surface area contributed by atoms with Crippen molar-refractivity contribution in [3.8, 4) is 5.69 Å². The maximum atomic E-state index is 6.38. The fraction of sp³-hybridized carbons (Fsp3) is 0.412. The zero-order valence-corrected chi connectivity index (χ0v) is 14.1. The summed E-state index contributed by atoms with van der Waals surface area (Å²) < 4.78 is 2.26. The second-order valence-electron chi connectivity index (χ2n) is 6.77. The van der Waals surface area contributed by atoms with Crippen molar-refractivity contribution >= 4 is 23.2 Å². The molecule has 2 aromatic rings. The number of fused-ring (bicyclic) bond motifs is 1. The lowest BCUT2D eigenvalue weighted by Crippen LogP contribution is -2.30. The molecule has 21 heavy (non-hydrogen) atoms. The van der Waals surface area contributed by atoms with Crippen molar-refractivity contribution in [2.45, 2.75) is 39.7 Å². The van der Waals surface area contributed by atoms with Crippen LogP contribution in [0.1, 0.15) is 43.3 Å². The van der Waals surface area contributed by atoms with E-state index in [-0.39, 0.29) is 11.5 Å². The van der Waals surface area contributed by atoms with Crippen molar-refractivity contribution in [1.82, 2.24) is 4.57 Å². The summed E-state index contributed by atoms with van der Waals surface area (Å²) >= 11 is 12.2. The molecule has 4 heteroatoms. The van der Waals surface area contributed by atoms with Crippen LogP contribution in [-0.2, 0) is 6.42 Å². The third-order valence-corrected chi connectivity index (χ3v) is 5.04. The summed E-state index contributed by atoms with van der Waals surface area (Å²) in [5.74, 6) is 0. The van der Waals surface area contributed by atoms with E-state index in [9.17, 15) is 0 Å². The molecule has 1 heterocycles. The molecule has 0 radical (unpaired) electrons. The molecule has 1 aromatic carbocycles. The zero-order valence-electron chi connectivity index (χ0n) is 12.6. The Morgan fingerprint density at radius 2 is 1.90 bits per heavy atom. The average molecular weight is 323 g/mol. The number of aryl methyl sites for hydroxylation is 1. The molecular weight excluding hydrogens is 303 g/mol. The molecule has 0 saturated carbocycles. The fourth-order valence-electron chi connectivity index (χ4n) is 3.43. The molecule has 3 rings (SSSR count). The van der Waals surface area contributed by atoms with Crippen LogP contribution in [0.4, 0.5) is 0 Å². The Morgan fingerprint density at radius 3 is 2.57 bits per heavy atom. The highest BCUT2D eigenvalue weighted by Crippen LogP contribution is 2.42. The van der Waals surface area contributed by atoms with Gasteiger partial charge in [0, 0.05) is 23.1 Å². The molecule has 1 atom stereocenters. The molecule has 2 nitrogen and oxygen atoms in total. The van der Waals surface area contributed by atoms with Crippen molar-refractivity contribution in [3.63, 3.8) is 0 Å². The summed E-state index contributed by atoms with van der Waals surface area (Å²) in [5.41, 5.74) is 11.4. The van der Waals surface area contributed by atoms with Gasteiger partial charge in [-0.05, 0) is 55.0 Å². The molecule has 0 spiro atoms. The van der Waals surface area contributed by atoms with E-state index in [2.05, 4.69) is 31.4 Å². The van der Waals surface area contributed by atoms with E-state index in [1.54, 1.807) is 0 Å². The number of halogens is 2. The predicted octanol–water partition coefficient (Wildman–Crippen LogP) is 5.06. The highest BCUT2D eigenvalue weighted by atomic mass is 35.5. The Labute approximate surface area is 135 Å². The minimum atomic E-state index is 0.103. The zero-order chi connectivity index (χ0) is 15.4. The van der Waals surface area contributed by atoms with Crippen LogP contribution >= 0.6 is 23.2 Å². The lowest BCUT2D eigenvalue weighted by Gasteiger charge is -2.34. The Balaban J connectivity index is 2.18. The van der Waals surface area contributed by atoms with Gasteiger partial charge in [0.15, 0.2) is 0 Å². The normalized spacial score (nSPS) is 20.4. The number of benzene rings is 1. The summed E-state index contributed by atoms with van der Waals surface area (Å²) in [5, 5.41) is 1.16. The summed E-state index contributed by atoms with van der Waals surface area (Å²) in [6.07, 6.45) is 2.04. The standard InChI is InChI=1S/C17H20Cl2N2/c1-10-6-12-15(20)8-17(2,3)9-16(12)21(10)11-4-5-13(18)14(19)7-11/h4-7,15H,8-9,20H2,1-3H3. The Kier molecular flexibility index (Phi) is 3.59. The molecular formula is C17H20Cl2N2. The van der Waals surface area contributed by atoms with Crippen LogP contribution < -0.4 is 5.73 Å². The van der Waals surface area contributed by atoms with E-state index in [0.717, 1.165) is 18.5 Å². The van der Waals surface area contributed by atoms with Gasteiger partial charge < -0.3 is 10.3 Å². The monoisotopic (exact) mass is 322 g/mol. The molecule has 1 aliphatic carbocycles. The van der Waals surface area contributed by atoms with Crippen LogP contribution in [0.5, 0.6) is 0 Å². The summed E-state index contributed by atoms with van der Waals surface area (Å²) in [6.45, 7) is 6.66. The molecule has 112 valence electrons. The molecule has 2 N–H and O–H groups in total. The number of hydrogen-bond donors (Lipinski definition) is 1. The number of nitrogens with two attached hydrogens (primary N) is 1. The lowest BCUT2D eigenvalue weighted by atomic mass is 9.74. The van der Waals surface area contributed by atoms with Gasteiger partial charge in [-0.15, -0.1) is 0 Å². The van der Waals surface area contributed by atoms with Gasteiger partial charge in [-0.2, -0.15) is 0 Å². The van der Waals surface area contributed by atoms with Gasteiger partial charge in [-0.25, -0.2) is 0 Å². The Hall–Kier alpha value is -0.960. The molecule has 0 amide bonds. The quantitative estimate of drug-likeness (QED) is 0.781. The summed E-state index contributed by atoms with van der Waals surface area (Å²) in [4.78, 5) is 0. The maximum Gasteiger partial charge on any atom is 0.0613 e. The van der Waals surface area contributed by atoms with Crippen LogP contribution in [0.15, 0.2) is 24.3 Å². The van der Waals surface area contributed by atoms with Crippen LogP contribution in [0, 0.1) is 12.3 Å². The van der Waals surface area contributed by atoms with E-state index in [0.29, 0.717) is 10.0 Å². The van der Waals surface area contributed by atoms with E-state index in [1.807, 2.05) is 18.2 Å². The topological polar surface area (TPSA) is 30.9 Å². The number of rotatable bonds is 1. The minimum absolute atomic E-state index is 0.103. The average Bonchev–Trinajstić information content (AvgIpc) is 2.68. The number of hydrogen-bond acceptors (Lipinski definition) is 1. The van der Waals surface area contributed by atoms with E-state index in [4.69, 9.17) is 28.9 Å². The van der Waals surface area contributed by atoms with Crippen molar-refractivity contribution in [2.75, 3.05) is 0 Å². The molecule has 0 aliphatic heterocycles. The molecule has 1 unspecified atom stereocenters. The first kappa shape index (κ1) is 15.0. The maximum absolute atomic E-state index is 6.38. The van der Waals surface area contributed by atoms with Gasteiger partial charge in [0.1, 0.15) is 0 Å². The first-order valence-electron chi connectivity index (χ1n) is 7.21. The third kappa shape index (κ3) is 2.61. The van der Waals surface area contributed by atoms with Gasteiger partial charge >= 0.3 is 0 Å². The van der Waals surface area contributed by atoms with Crippen molar-refractivity contribution in [3.05, 3.63) is 51.3 Å². The molecule has 0 fully saturated rings. The lowest BCUT2D eigenvalue weighted by molar-refractivity contribution is 0.278. The van der Waals surface area contributed by atoms with Crippen LogP contribution in [0.2, 0.25) is 10.0 Å². The highest BCUT2D eigenvalue weighted by Gasteiger charge is 2.33. The number of nitrogens with zero attached hydrogens (tertiary/aromatic N) is 1. The fourth-order valence-corrected chi connectivity index (χ4v) is 3.72. The second kappa shape index (κ2) is 5.05. The Bertz CT molecular complexity index is 701. The highest BCUT2D eigenvalue weighted by molar-refractivity contribution is 6.42. The van der Waals surface area contributed by atoms with E-state index < -0.39 is 0 Å². The number of aromatic nitrogens is 1. The van der Waals surface area contributed by atoms with Crippen LogP contribution in [0.3, 0.4) is 0 Å². The van der Waals surface area contributed by atoms with Crippen molar-refractivity contribution in [2.24, 2.45) is 11.1 Å². The molecule has 0 bridgehead atoms. The largest absolute Gasteiger partial charge is 0.324 e. The SMILES string of the molecule is Cc1cc2c(n1-c1ccc(Cl)c(Cl)c1)CC(C)(C)CC2N. The predicted molar refractivity (Wildman–Crippen MR) is 89.6 cm³/mol. The van der Waals surface area contributed by atoms with Gasteiger partial charge in [0.2, 0.25) is 0 Å². The van der Waals surface area contributed by atoms with Crippen LogP contribution in [0.25, 0.3) is 5.69 Å². The first-order valence-corrected chi connectivity index (χ1v) is 7.96. The third-order valence-electron chi connectivity index (χ3n) is 4.30. The van der Waals surface area contributed by atoms with E-state index in [1.165, 1.54) is 17.0 Å². The van der Waals surface area contributed by atoms with Crippen molar-refractivity contribution < 1.29 is 0 Å². The summed E-state index contributed by atoms with van der Waals surface area (Å²) in [6, 6.07) is 8.08. The van der Waals surface area contributed by atoms with Gasteiger partial charge in [-0.1, -0.05) is 37.0 Å². The van der Waals surface area contributed by atoms with Crippen molar-refractivity contribution in [1.29, 1.82) is 0 Å². The Morgan fingerprint density at radius 1 is 1.19 bits per heavy atom. The van der Waals surface area contributed by atoms with Gasteiger partial charge in [-0.3, -0.25) is 0 Å². The van der Waals surface area contributed by atoms with Crippen LogP contribution in [-0.4, -0.2) is 4.57 Å². The first-order chi connectivity index (χ1) is 9.78. The summed E-state index contributed by atoms with van der Waals surface area (Å²) in [7, 11) is 0. The van der Waals surface area contributed by atoms with Gasteiger partial charge in [0.25, 0.3) is 0 Å². The van der Waals surface area contributed by atoms with Gasteiger partial charge in [0.05, 0.1) is 10.0 Å². The molecule has 0 saturated heterocycles. The molecule has 1 aromatic heterocycles. The molecule has 1 aliphatic rings. The smallest absolute Gasteiger partial charge is 0.0613 e. The second-order valence-corrected chi connectivity index (χ2v) is 7.59.